The van der Waals surface area contributed by atoms with Gasteiger partial charge in [-0.2, -0.15) is 11.8 Å². The number of rotatable bonds is 6. The van der Waals surface area contributed by atoms with Gasteiger partial charge in [0, 0.05) is 34.1 Å². The van der Waals surface area contributed by atoms with Crippen LogP contribution in [-0.2, 0) is 5.75 Å². The minimum atomic E-state index is -0.0525. The van der Waals surface area contributed by atoms with E-state index in [9.17, 15) is 4.79 Å². The number of benzene rings is 1. The highest BCUT2D eigenvalue weighted by Crippen LogP contribution is 2.27. The lowest BCUT2D eigenvalue weighted by atomic mass is 9.96. The molecule has 0 aliphatic heterocycles. The van der Waals surface area contributed by atoms with Crippen molar-refractivity contribution in [1.82, 2.24) is 10.6 Å². The van der Waals surface area contributed by atoms with Gasteiger partial charge in [-0.05, 0) is 30.5 Å². The second kappa shape index (κ2) is 9.53. The molecular weight excluding hydrogens is 339 g/mol. The van der Waals surface area contributed by atoms with E-state index in [1.165, 1.54) is 19.3 Å². The second-order valence-corrected chi connectivity index (χ2v) is 7.41. The van der Waals surface area contributed by atoms with Crippen molar-refractivity contribution in [1.29, 1.82) is 0 Å². The normalized spacial score (nSPS) is 15.5. The lowest BCUT2D eigenvalue weighted by Crippen LogP contribution is -2.43. The monoisotopic (exact) mass is 360 g/mol. The highest BCUT2D eigenvalue weighted by molar-refractivity contribution is 7.98. The first-order chi connectivity index (χ1) is 10.7. The molecule has 3 nitrogen and oxygen atoms in total. The van der Waals surface area contributed by atoms with E-state index in [1.807, 2.05) is 18.2 Å². The van der Waals surface area contributed by atoms with E-state index in [0.29, 0.717) is 22.6 Å². The third kappa shape index (κ3) is 5.90. The van der Waals surface area contributed by atoms with Crippen LogP contribution in [0.25, 0.3) is 0 Å². The lowest BCUT2D eigenvalue weighted by Gasteiger charge is -2.22. The van der Waals surface area contributed by atoms with Crippen LogP contribution in [0.2, 0.25) is 10.0 Å². The number of carbonyl (C=O) groups is 1. The van der Waals surface area contributed by atoms with Gasteiger partial charge in [-0.1, -0.05) is 48.5 Å². The first-order valence-electron chi connectivity index (χ1n) is 7.72. The Labute approximate surface area is 146 Å². The summed E-state index contributed by atoms with van der Waals surface area (Å²) in [6.45, 7) is 0.644. The third-order valence-electron chi connectivity index (χ3n) is 3.78. The fourth-order valence-electron chi connectivity index (χ4n) is 2.56. The van der Waals surface area contributed by atoms with Crippen molar-refractivity contribution in [2.24, 2.45) is 0 Å². The molecule has 0 radical (unpaired) electrons. The standard InChI is InChI=1S/C16H22Cl2N2OS/c17-14-7-4-8-15(18)13(14)11-22-10-9-19-16(21)20-12-5-2-1-3-6-12/h4,7-8,12H,1-3,5-6,9-11H2,(H2,19,20,21). The molecule has 0 spiro atoms. The number of carbonyl (C=O) groups excluding carboxylic acids is 1. The molecule has 1 aliphatic carbocycles. The Balaban J connectivity index is 1.59. The Kier molecular flexibility index (Phi) is 7.70. The summed E-state index contributed by atoms with van der Waals surface area (Å²) in [5.74, 6) is 1.59. The predicted octanol–water partition coefficient (Wildman–Crippen LogP) is 4.86. The van der Waals surface area contributed by atoms with Gasteiger partial charge >= 0.3 is 6.03 Å². The fraction of sp³-hybridized carbons (Fsp3) is 0.562. The maximum absolute atomic E-state index is 11.8. The highest BCUT2D eigenvalue weighted by atomic mass is 35.5. The molecule has 0 saturated heterocycles. The maximum atomic E-state index is 11.8. The predicted molar refractivity (Wildman–Crippen MR) is 96.0 cm³/mol. The van der Waals surface area contributed by atoms with Crippen LogP contribution in [0.3, 0.4) is 0 Å². The van der Waals surface area contributed by atoms with Gasteiger partial charge in [-0.3, -0.25) is 0 Å². The number of hydrogen-bond donors (Lipinski definition) is 2. The van der Waals surface area contributed by atoms with E-state index in [1.54, 1.807) is 11.8 Å². The molecule has 6 heteroatoms. The molecule has 2 amide bonds. The number of nitrogens with one attached hydrogen (secondary N) is 2. The first kappa shape index (κ1) is 17.8. The van der Waals surface area contributed by atoms with Gasteiger partial charge in [0.15, 0.2) is 0 Å². The zero-order valence-electron chi connectivity index (χ0n) is 12.5. The quantitative estimate of drug-likeness (QED) is 0.711. The molecule has 0 atom stereocenters. The molecule has 2 rings (SSSR count). The van der Waals surface area contributed by atoms with E-state index in [0.717, 1.165) is 29.9 Å². The Morgan fingerprint density at radius 3 is 2.55 bits per heavy atom. The Morgan fingerprint density at radius 2 is 1.86 bits per heavy atom. The van der Waals surface area contributed by atoms with E-state index in [-0.39, 0.29) is 6.03 Å². The molecule has 22 heavy (non-hydrogen) atoms. The summed E-state index contributed by atoms with van der Waals surface area (Å²) in [4.78, 5) is 11.8. The molecule has 1 saturated carbocycles. The summed E-state index contributed by atoms with van der Waals surface area (Å²) in [6, 6.07) is 5.83. The number of amides is 2. The Bertz CT molecular complexity index is 473. The Hall–Kier alpha value is -0.580. The van der Waals surface area contributed by atoms with Crippen LogP contribution in [0.4, 0.5) is 4.79 Å². The van der Waals surface area contributed by atoms with Crippen LogP contribution in [0.15, 0.2) is 18.2 Å². The van der Waals surface area contributed by atoms with Gasteiger partial charge in [-0.15, -0.1) is 0 Å². The molecule has 0 unspecified atom stereocenters. The van der Waals surface area contributed by atoms with Crippen molar-refractivity contribution >= 4 is 41.0 Å². The average Bonchev–Trinajstić information content (AvgIpc) is 2.50. The van der Waals surface area contributed by atoms with Crippen LogP contribution in [0.5, 0.6) is 0 Å². The third-order valence-corrected chi connectivity index (χ3v) is 5.47. The van der Waals surface area contributed by atoms with Crippen molar-refractivity contribution in [2.45, 2.75) is 43.9 Å². The molecule has 2 N–H and O–H groups in total. The number of halogens is 2. The smallest absolute Gasteiger partial charge is 0.315 e. The summed E-state index contributed by atoms with van der Waals surface area (Å²) in [5.41, 5.74) is 0.961. The Morgan fingerprint density at radius 1 is 1.18 bits per heavy atom. The molecular formula is C16H22Cl2N2OS. The highest BCUT2D eigenvalue weighted by Gasteiger charge is 2.15. The van der Waals surface area contributed by atoms with Gasteiger partial charge in [0.05, 0.1) is 0 Å². The maximum Gasteiger partial charge on any atom is 0.315 e. The van der Waals surface area contributed by atoms with Gasteiger partial charge in [0.2, 0.25) is 0 Å². The minimum absolute atomic E-state index is 0.0525. The molecule has 1 aliphatic rings. The van der Waals surface area contributed by atoms with Crippen molar-refractivity contribution in [2.75, 3.05) is 12.3 Å². The summed E-state index contributed by atoms with van der Waals surface area (Å²) in [7, 11) is 0. The lowest BCUT2D eigenvalue weighted by molar-refractivity contribution is 0.233. The van der Waals surface area contributed by atoms with Gasteiger partial charge in [0.25, 0.3) is 0 Å². The topological polar surface area (TPSA) is 41.1 Å². The van der Waals surface area contributed by atoms with Crippen molar-refractivity contribution < 1.29 is 4.79 Å². The van der Waals surface area contributed by atoms with E-state index in [4.69, 9.17) is 23.2 Å². The molecule has 0 aromatic heterocycles. The molecule has 1 aromatic carbocycles. The molecule has 0 heterocycles. The summed E-state index contributed by atoms with van der Waals surface area (Å²) < 4.78 is 0. The van der Waals surface area contributed by atoms with Gasteiger partial charge in [-0.25, -0.2) is 4.79 Å². The SMILES string of the molecule is O=C(NCCSCc1c(Cl)cccc1Cl)NC1CCCCC1. The van der Waals surface area contributed by atoms with Crippen LogP contribution >= 0.6 is 35.0 Å². The largest absolute Gasteiger partial charge is 0.337 e. The van der Waals surface area contributed by atoms with Crippen LogP contribution in [-0.4, -0.2) is 24.4 Å². The zero-order valence-corrected chi connectivity index (χ0v) is 14.9. The summed E-state index contributed by atoms with van der Waals surface area (Å²) in [6.07, 6.45) is 5.94. The van der Waals surface area contributed by atoms with Gasteiger partial charge in [0.1, 0.15) is 0 Å². The fourth-order valence-corrected chi connectivity index (χ4v) is 4.16. The average molecular weight is 361 g/mol. The van der Waals surface area contributed by atoms with Crippen molar-refractivity contribution in [3.63, 3.8) is 0 Å². The van der Waals surface area contributed by atoms with Crippen LogP contribution in [0, 0.1) is 0 Å². The van der Waals surface area contributed by atoms with Crippen molar-refractivity contribution in [3.05, 3.63) is 33.8 Å². The van der Waals surface area contributed by atoms with E-state index >= 15 is 0 Å². The van der Waals surface area contributed by atoms with Crippen molar-refractivity contribution in [3.8, 4) is 0 Å². The van der Waals surface area contributed by atoms with Crippen LogP contribution < -0.4 is 10.6 Å². The second-order valence-electron chi connectivity index (χ2n) is 5.49. The van der Waals surface area contributed by atoms with E-state index in [2.05, 4.69) is 10.6 Å². The van der Waals surface area contributed by atoms with E-state index < -0.39 is 0 Å². The molecule has 0 bridgehead atoms. The summed E-state index contributed by atoms with van der Waals surface area (Å²) in [5, 5.41) is 7.35. The molecule has 122 valence electrons. The first-order valence-corrected chi connectivity index (χ1v) is 9.63. The van der Waals surface area contributed by atoms with Gasteiger partial charge < -0.3 is 10.6 Å². The van der Waals surface area contributed by atoms with Crippen LogP contribution in [0.1, 0.15) is 37.7 Å². The summed E-state index contributed by atoms with van der Waals surface area (Å²) >= 11 is 14.0. The minimum Gasteiger partial charge on any atom is -0.337 e. The zero-order chi connectivity index (χ0) is 15.8. The number of hydrogen-bond acceptors (Lipinski definition) is 2. The number of urea groups is 1. The molecule has 1 fully saturated rings. The number of thioether (sulfide) groups is 1. The molecule has 1 aromatic rings.